The summed E-state index contributed by atoms with van der Waals surface area (Å²) < 4.78 is 5.92. The molecule has 0 spiro atoms. The zero-order chi connectivity index (χ0) is 12.3. The summed E-state index contributed by atoms with van der Waals surface area (Å²) in [6.45, 7) is 9.91. The van der Waals surface area contributed by atoms with Crippen molar-refractivity contribution in [2.45, 2.75) is 26.1 Å². The second-order valence-corrected chi connectivity index (χ2v) is 4.88. The first-order valence-electron chi connectivity index (χ1n) is 6.27. The van der Waals surface area contributed by atoms with Crippen molar-refractivity contribution in [2.75, 3.05) is 13.2 Å². The van der Waals surface area contributed by atoms with Crippen molar-refractivity contribution in [3.05, 3.63) is 48.6 Å². The third kappa shape index (κ3) is 2.59. The zero-order valence-electron chi connectivity index (χ0n) is 10.7. The summed E-state index contributed by atoms with van der Waals surface area (Å²) in [5, 5.41) is 0. The van der Waals surface area contributed by atoms with Crippen LogP contribution in [0.2, 0.25) is 0 Å². The molecule has 1 aliphatic rings. The van der Waals surface area contributed by atoms with Gasteiger partial charge in [0.05, 0.1) is 12.6 Å². The van der Waals surface area contributed by atoms with E-state index in [1.807, 2.05) is 6.08 Å². The van der Waals surface area contributed by atoms with Crippen molar-refractivity contribution >= 4 is 0 Å². The lowest BCUT2D eigenvalue weighted by Gasteiger charge is -2.29. The average molecular weight is 231 g/mol. The molecule has 0 aliphatic carbocycles. The fraction of sp³-hybridized carbons (Fsp3) is 0.467. The molecule has 0 saturated carbocycles. The minimum atomic E-state index is 0.207. The van der Waals surface area contributed by atoms with E-state index in [1.54, 1.807) is 0 Å². The number of ether oxygens (including phenoxy) is 1. The lowest BCUT2D eigenvalue weighted by atomic mass is 10.1. The fourth-order valence-electron chi connectivity index (χ4n) is 2.48. The van der Waals surface area contributed by atoms with Crippen LogP contribution in [0, 0.1) is 5.92 Å². The Bertz CT molecular complexity index is 360. The second kappa shape index (κ2) is 5.48. The predicted molar refractivity (Wildman–Crippen MR) is 70.7 cm³/mol. The summed E-state index contributed by atoms with van der Waals surface area (Å²) in [5.74, 6) is 0.503. The van der Waals surface area contributed by atoms with Crippen LogP contribution in [0.1, 0.15) is 25.5 Å². The smallest absolute Gasteiger partial charge is 0.113 e. The molecule has 17 heavy (non-hydrogen) atoms. The third-order valence-corrected chi connectivity index (χ3v) is 3.25. The molecule has 0 unspecified atom stereocenters. The zero-order valence-corrected chi connectivity index (χ0v) is 10.7. The Labute approximate surface area is 104 Å². The van der Waals surface area contributed by atoms with Crippen LogP contribution in [-0.4, -0.2) is 24.3 Å². The van der Waals surface area contributed by atoms with Crippen molar-refractivity contribution in [1.29, 1.82) is 0 Å². The lowest BCUT2D eigenvalue weighted by molar-refractivity contribution is 0.000352. The number of hydrogen-bond acceptors (Lipinski definition) is 2. The molecular weight excluding hydrogens is 210 g/mol. The van der Waals surface area contributed by atoms with E-state index in [9.17, 15) is 0 Å². The Hall–Kier alpha value is -1.12. The second-order valence-electron chi connectivity index (χ2n) is 4.88. The van der Waals surface area contributed by atoms with Gasteiger partial charge >= 0.3 is 0 Å². The summed E-state index contributed by atoms with van der Waals surface area (Å²) in [5.41, 5.74) is 1.33. The quantitative estimate of drug-likeness (QED) is 0.738. The van der Waals surface area contributed by atoms with Gasteiger partial charge in [-0.05, 0) is 11.5 Å². The molecule has 1 fully saturated rings. The van der Waals surface area contributed by atoms with Crippen LogP contribution in [0.25, 0.3) is 0 Å². The van der Waals surface area contributed by atoms with Crippen LogP contribution in [-0.2, 0) is 4.74 Å². The summed E-state index contributed by atoms with van der Waals surface area (Å²) in [6.07, 6.45) is 2.17. The largest absolute Gasteiger partial charge is 0.361 e. The highest BCUT2D eigenvalue weighted by atomic mass is 16.5. The number of benzene rings is 1. The summed E-state index contributed by atoms with van der Waals surface area (Å²) >= 11 is 0. The van der Waals surface area contributed by atoms with Crippen molar-refractivity contribution in [3.63, 3.8) is 0 Å². The van der Waals surface area contributed by atoms with Gasteiger partial charge < -0.3 is 4.74 Å². The number of hydrogen-bond donors (Lipinski definition) is 0. The highest BCUT2D eigenvalue weighted by Crippen LogP contribution is 2.32. The Balaban J connectivity index is 2.20. The van der Waals surface area contributed by atoms with Crippen LogP contribution < -0.4 is 0 Å². The highest BCUT2D eigenvalue weighted by Gasteiger charge is 2.35. The van der Waals surface area contributed by atoms with E-state index in [4.69, 9.17) is 4.74 Å². The molecule has 2 rings (SSSR count). The summed E-state index contributed by atoms with van der Waals surface area (Å²) in [4.78, 5) is 2.40. The minimum absolute atomic E-state index is 0.207. The van der Waals surface area contributed by atoms with Crippen LogP contribution >= 0.6 is 0 Å². The SMILES string of the molecule is C=CCN1[C@@H](C(C)C)OC[C@H]1c1ccccc1. The Morgan fingerprint density at radius 2 is 2.12 bits per heavy atom. The van der Waals surface area contributed by atoms with E-state index in [0.29, 0.717) is 12.0 Å². The molecule has 1 aliphatic heterocycles. The van der Waals surface area contributed by atoms with Crippen LogP contribution in [0.4, 0.5) is 0 Å². The topological polar surface area (TPSA) is 12.5 Å². The van der Waals surface area contributed by atoms with Gasteiger partial charge in [-0.15, -0.1) is 6.58 Å². The Morgan fingerprint density at radius 1 is 1.41 bits per heavy atom. The molecule has 0 aromatic heterocycles. The van der Waals surface area contributed by atoms with Crippen LogP contribution in [0.3, 0.4) is 0 Å². The molecular formula is C15H21NO. The van der Waals surface area contributed by atoms with Crippen LogP contribution in [0.5, 0.6) is 0 Å². The standard InChI is InChI=1S/C15H21NO/c1-4-10-16-14(11-17-15(16)12(2)3)13-8-6-5-7-9-13/h4-9,12,14-15H,1,10-11H2,2-3H3/t14-,15+/m0/s1. The molecule has 2 heteroatoms. The number of nitrogens with zero attached hydrogens (tertiary/aromatic N) is 1. The maximum Gasteiger partial charge on any atom is 0.113 e. The van der Waals surface area contributed by atoms with Gasteiger partial charge in [-0.3, -0.25) is 4.90 Å². The van der Waals surface area contributed by atoms with Gasteiger partial charge in [0.15, 0.2) is 0 Å². The van der Waals surface area contributed by atoms with Gasteiger partial charge in [0.2, 0.25) is 0 Å². The van der Waals surface area contributed by atoms with Crippen molar-refractivity contribution in [2.24, 2.45) is 5.92 Å². The molecule has 92 valence electrons. The molecule has 0 N–H and O–H groups in total. The van der Waals surface area contributed by atoms with Gasteiger partial charge in [-0.2, -0.15) is 0 Å². The molecule has 1 aromatic carbocycles. The first kappa shape index (κ1) is 12.3. The van der Waals surface area contributed by atoms with Gasteiger partial charge in [-0.25, -0.2) is 0 Å². The summed E-state index contributed by atoms with van der Waals surface area (Å²) in [7, 11) is 0. The molecule has 2 atom stereocenters. The van der Waals surface area contributed by atoms with E-state index in [0.717, 1.165) is 13.2 Å². The molecule has 1 heterocycles. The average Bonchev–Trinajstić information content (AvgIpc) is 2.75. The number of rotatable bonds is 4. The first-order chi connectivity index (χ1) is 8.24. The van der Waals surface area contributed by atoms with Crippen molar-refractivity contribution < 1.29 is 4.74 Å². The molecule has 0 bridgehead atoms. The van der Waals surface area contributed by atoms with E-state index in [-0.39, 0.29) is 6.23 Å². The van der Waals surface area contributed by atoms with E-state index < -0.39 is 0 Å². The van der Waals surface area contributed by atoms with Crippen molar-refractivity contribution in [3.8, 4) is 0 Å². The van der Waals surface area contributed by atoms with Gasteiger partial charge in [0.1, 0.15) is 6.23 Å². The third-order valence-electron chi connectivity index (χ3n) is 3.25. The van der Waals surface area contributed by atoms with Gasteiger partial charge in [0.25, 0.3) is 0 Å². The lowest BCUT2D eigenvalue weighted by Crippen LogP contribution is -2.36. The Morgan fingerprint density at radius 3 is 2.71 bits per heavy atom. The van der Waals surface area contributed by atoms with E-state index in [2.05, 4.69) is 55.7 Å². The minimum Gasteiger partial charge on any atom is -0.361 e. The van der Waals surface area contributed by atoms with Crippen molar-refractivity contribution in [1.82, 2.24) is 4.90 Å². The summed E-state index contributed by atoms with van der Waals surface area (Å²) in [6, 6.07) is 10.9. The molecule has 2 nitrogen and oxygen atoms in total. The molecule has 0 amide bonds. The van der Waals surface area contributed by atoms with E-state index in [1.165, 1.54) is 5.56 Å². The first-order valence-corrected chi connectivity index (χ1v) is 6.27. The normalized spacial score (nSPS) is 25.4. The Kier molecular flexibility index (Phi) is 3.97. The maximum absolute atomic E-state index is 5.92. The predicted octanol–water partition coefficient (Wildman–Crippen LogP) is 3.23. The fourth-order valence-corrected chi connectivity index (χ4v) is 2.48. The van der Waals surface area contributed by atoms with Gasteiger partial charge in [-0.1, -0.05) is 50.3 Å². The maximum atomic E-state index is 5.92. The molecule has 1 saturated heterocycles. The van der Waals surface area contributed by atoms with E-state index >= 15 is 0 Å². The van der Waals surface area contributed by atoms with Gasteiger partial charge in [0, 0.05) is 6.54 Å². The highest BCUT2D eigenvalue weighted by molar-refractivity contribution is 5.20. The molecule has 1 aromatic rings. The monoisotopic (exact) mass is 231 g/mol. The molecule has 0 radical (unpaired) electrons. The van der Waals surface area contributed by atoms with Crippen LogP contribution in [0.15, 0.2) is 43.0 Å².